The molecular formula is C17H16FN3O2S2. The van der Waals surface area contributed by atoms with E-state index in [0.29, 0.717) is 28.5 Å². The van der Waals surface area contributed by atoms with E-state index in [0.717, 1.165) is 5.56 Å². The number of rotatable bonds is 6. The normalized spacial score (nSPS) is 11.0. The quantitative estimate of drug-likeness (QED) is 0.530. The van der Waals surface area contributed by atoms with Gasteiger partial charge in [0.05, 0.1) is 11.3 Å². The lowest BCUT2D eigenvalue weighted by molar-refractivity contribution is -0.118. The van der Waals surface area contributed by atoms with Crippen LogP contribution >= 0.6 is 23.1 Å². The Balaban J connectivity index is 1.64. The van der Waals surface area contributed by atoms with Gasteiger partial charge in [0.15, 0.2) is 5.16 Å². The van der Waals surface area contributed by atoms with E-state index in [1.54, 1.807) is 22.8 Å². The predicted molar refractivity (Wildman–Crippen MR) is 98.5 cm³/mol. The van der Waals surface area contributed by atoms with Gasteiger partial charge in [0.25, 0.3) is 5.56 Å². The van der Waals surface area contributed by atoms with Gasteiger partial charge in [0, 0.05) is 13.1 Å². The fraction of sp³-hybridized carbons (Fsp3) is 0.235. The highest BCUT2D eigenvalue weighted by Gasteiger charge is 2.13. The second kappa shape index (κ2) is 7.79. The zero-order valence-corrected chi connectivity index (χ0v) is 15.1. The number of nitrogens with one attached hydrogen (secondary N) is 1. The van der Waals surface area contributed by atoms with Crippen LogP contribution in [0.15, 0.2) is 45.7 Å². The summed E-state index contributed by atoms with van der Waals surface area (Å²) in [4.78, 5) is 28.9. The van der Waals surface area contributed by atoms with E-state index in [1.807, 2.05) is 12.3 Å². The molecule has 0 fully saturated rings. The molecule has 1 amide bonds. The first-order valence-electron chi connectivity index (χ1n) is 7.70. The van der Waals surface area contributed by atoms with Crippen molar-refractivity contribution in [3.63, 3.8) is 0 Å². The zero-order valence-electron chi connectivity index (χ0n) is 13.5. The first-order valence-corrected chi connectivity index (χ1v) is 9.57. The van der Waals surface area contributed by atoms with Crippen molar-refractivity contribution in [1.82, 2.24) is 14.9 Å². The van der Waals surface area contributed by atoms with Gasteiger partial charge in [-0.1, -0.05) is 23.9 Å². The van der Waals surface area contributed by atoms with Crippen molar-refractivity contribution >= 4 is 39.2 Å². The lowest BCUT2D eigenvalue weighted by atomic mass is 10.2. The average molecular weight is 377 g/mol. The molecule has 1 N–H and O–H groups in total. The third-order valence-electron chi connectivity index (χ3n) is 3.58. The molecule has 0 spiro atoms. The molecule has 3 rings (SSSR count). The molecule has 0 aliphatic heterocycles. The summed E-state index contributed by atoms with van der Waals surface area (Å²) < 4.78 is 15.1. The van der Waals surface area contributed by atoms with Gasteiger partial charge in [-0.15, -0.1) is 11.3 Å². The van der Waals surface area contributed by atoms with Gasteiger partial charge in [-0.2, -0.15) is 0 Å². The Hall–Kier alpha value is -2.19. The number of halogens is 1. The number of hydrogen-bond acceptors (Lipinski definition) is 5. The zero-order chi connectivity index (χ0) is 17.8. The molecule has 0 radical (unpaired) electrons. The highest BCUT2D eigenvalue weighted by molar-refractivity contribution is 7.99. The summed E-state index contributed by atoms with van der Waals surface area (Å²) in [5.41, 5.74) is 1.41. The molecule has 0 aliphatic rings. The summed E-state index contributed by atoms with van der Waals surface area (Å²) in [5, 5.41) is 5.15. The Bertz CT molecular complexity index is 951. The molecule has 2 aromatic heterocycles. The number of thioether (sulfide) groups is 1. The Morgan fingerprint density at radius 1 is 1.32 bits per heavy atom. The molecule has 5 nitrogen and oxygen atoms in total. The van der Waals surface area contributed by atoms with Gasteiger partial charge in [-0.25, -0.2) is 9.37 Å². The molecule has 2 heterocycles. The highest BCUT2D eigenvalue weighted by atomic mass is 32.2. The van der Waals surface area contributed by atoms with Crippen LogP contribution in [0.3, 0.4) is 0 Å². The molecule has 8 heteroatoms. The summed E-state index contributed by atoms with van der Waals surface area (Å²) in [6.45, 7) is 2.71. The third kappa shape index (κ3) is 4.08. The topological polar surface area (TPSA) is 64.0 Å². The number of fused-ring (bicyclic) bond motifs is 1. The van der Waals surface area contributed by atoms with Gasteiger partial charge >= 0.3 is 0 Å². The van der Waals surface area contributed by atoms with E-state index in [2.05, 4.69) is 10.3 Å². The summed E-state index contributed by atoms with van der Waals surface area (Å²) in [7, 11) is 0. The maximum Gasteiger partial charge on any atom is 0.272 e. The van der Waals surface area contributed by atoms with Crippen LogP contribution in [-0.4, -0.2) is 21.2 Å². The maximum absolute atomic E-state index is 12.9. The van der Waals surface area contributed by atoms with Gasteiger partial charge in [0.1, 0.15) is 10.5 Å². The van der Waals surface area contributed by atoms with Gasteiger partial charge in [0.2, 0.25) is 5.91 Å². The molecular weight excluding hydrogens is 361 g/mol. The van der Waals surface area contributed by atoms with Crippen molar-refractivity contribution in [2.24, 2.45) is 0 Å². The molecule has 0 saturated heterocycles. The van der Waals surface area contributed by atoms with Crippen LogP contribution in [0.4, 0.5) is 4.39 Å². The van der Waals surface area contributed by atoms with Crippen molar-refractivity contribution < 1.29 is 9.18 Å². The second-order valence-electron chi connectivity index (χ2n) is 5.27. The van der Waals surface area contributed by atoms with Crippen LogP contribution < -0.4 is 10.9 Å². The molecule has 0 aliphatic carbocycles. The van der Waals surface area contributed by atoms with Crippen LogP contribution in [0, 0.1) is 5.82 Å². The average Bonchev–Trinajstić information content (AvgIpc) is 3.08. The first kappa shape index (κ1) is 17.6. The number of nitrogens with zero attached hydrogens (tertiary/aromatic N) is 2. The van der Waals surface area contributed by atoms with E-state index >= 15 is 0 Å². The molecule has 25 heavy (non-hydrogen) atoms. The van der Waals surface area contributed by atoms with Crippen molar-refractivity contribution in [2.45, 2.75) is 25.2 Å². The lowest BCUT2D eigenvalue weighted by Crippen LogP contribution is -2.26. The van der Waals surface area contributed by atoms with E-state index < -0.39 is 0 Å². The van der Waals surface area contributed by atoms with Crippen LogP contribution in [0.2, 0.25) is 0 Å². The fourth-order valence-electron chi connectivity index (χ4n) is 2.30. The van der Waals surface area contributed by atoms with Crippen molar-refractivity contribution in [3.05, 3.63) is 57.4 Å². The number of aromatic nitrogens is 2. The Morgan fingerprint density at radius 2 is 2.08 bits per heavy atom. The van der Waals surface area contributed by atoms with Gasteiger partial charge in [-0.3, -0.25) is 14.2 Å². The molecule has 0 atom stereocenters. The predicted octanol–water partition coefficient (Wildman–Crippen LogP) is 3.03. The Labute approximate surface area is 151 Å². The van der Waals surface area contributed by atoms with Crippen LogP contribution in [0.5, 0.6) is 0 Å². The standard InChI is InChI=1S/C17H16FN3O2S2/c1-2-21-16(23)15-13(7-8-24-15)20-17(21)25-10-14(22)19-9-11-3-5-12(18)6-4-11/h3-8H,2,9-10H2,1H3,(H,19,22). The van der Waals surface area contributed by atoms with Crippen molar-refractivity contribution in [1.29, 1.82) is 0 Å². The summed E-state index contributed by atoms with van der Waals surface area (Å²) in [6, 6.07) is 7.78. The third-order valence-corrected chi connectivity index (χ3v) is 5.45. The summed E-state index contributed by atoms with van der Waals surface area (Å²) in [5.74, 6) is -0.321. The molecule has 0 bridgehead atoms. The van der Waals surface area contributed by atoms with Gasteiger partial charge < -0.3 is 5.32 Å². The number of carbonyl (C=O) groups is 1. The first-order chi connectivity index (χ1) is 12.1. The van der Waals surface area contributed by atoms with Crippen LogP contribution in [0.1, 0.15) is 12.5 Å². The number of thiophene rings is 1. The Morgan fingerprint density at radius 3 is 2.80 bits per heavy atom. The van der Waals surface area contributed by atoms with Crippen molar-refractivity contribution in [3.8, 4) is 0 Å². The minimum Gasteiger partial charge on any atom is -0.351 e. The lowest BCUT2D eigenvalue weighted by Gasteiger charge is -2.10. The van der Waals surface area contributed by atoms with E-state index in [-0.39, 0.29) is 23.0 Å². The fourth-order valence-corrected chi connectivity index (χ4v) is 3.97. The number of amides is 1. The number of hydrogen-bond donors (Lipinski definition) is 1. The minimum atomic E-state index is -0.307. The molecule has 130 valence electrons. The van der Waals surface area contributed by atoms with E-state index in [9.17, 15) is 14.0 Å². The number of benzene rings is 1. The second-order valence-corrected chi connectivity index (χ2v) is 7.13. The maximum atomic E-state index is 12.9. The minimum absolute atomic E-state index is 0.0725. The SMILES string of the molecule is CCn1c(SCC(=O)NCc2ccc(F)cc2)nc2ccsc2c1=O. The smallest absolute Gasteiger partial charge is 0.272 e. The monoisotopic (exact) mass is 377 g/mol. The molecule has 0 unspecified atom stereocenters. The van der Waals surface area contributed by atoms with Crippen LogP contribution in [-0.2, 0) is 17.9 Å². The van der Waals surface area contributed by atoms with E-state index in [4.69, 9.17) is 0 Å². The van der Waals surface area contributed by atoms with E-state index in [1.165, 1.54) is 35.2 Å². The Kier molecular flexibility index (Phi) is 5.50. The van der Waals surface area contributed by atoms with Crippen molar-refractivity contribution in [2.75, 3.05) is 5.75 Å². The largest absolute Gasteiger partial charge is 0.351 e. The molecule has 3 aromatic rings. The van der Waals surface area contributed by atoms with Crippen LogP contribution in [0.25, 0.3) is 10.2 Å². The molecule has 0 saturated carbocycles. The molecule has 1 aromatic carbocycles. The summed E-state index contributed by atoms with van der Waals surface area (Å²) in [6.07, 6.45) is 0. The highest BCUT2D eigenvalue weighted by Crippen LogP contribution is 2.20. The number of carbonyl (C=O) groups excluding carboxylic acids is 1. The summed E-state index contributed by atoms with van der Waals surface area (Å²) >= 11 is 2.61. The van der Waals surface area contributed by atoms with Gasteiger partial charge in [-0.05, 0) is 36.1 Å².